The zero-order valence-corrected chi connectivity index (χ0v) is 16.6. The number of nitrogens with zero attached hydrogens (tertiary/aromatic N) is 1. The number of hydrogen-bond acceptors (Lipinski definition) is 3. The number of methoxy groups -OCH3 is 1. The van der Waals surface area contributed by atoms with Crippen LogP contribution in [0.25, 0.3) is 0 Å². The Hall–Kier alpha value is -2.03. The topological polar surface area (TPSA) is 65.9 Å². The molecule has 0 bridgehead atoms. The fourth-order valence-electron chi connectivity index (χ4n) is 2.17. The second-order valence-corrected chi connectivity index (χ2v) is 5.15. The van der Waals surface area contributed by atoms with Crippen LogP contribution in [-0.4, -0.2) is 24.7 Å². The minimum absolute atomic E-state index is 0. The Labute approximate surface area is 164 Å². The largest absolute Gasteiger partial charge is 0.504 e. The average molecular weight is 459 g/mol. The van der Waals surface area contributed by atoms with Crippen molar-refractivity contribution in [1.82, 2.24) is 10.6 Å². The van der Waals surface area contributed by atoms with Gasteiger partial charge in [-0.3, -0.25) is 0 Å². The molecule has 136 valence electrons. The third-order valence-electron chi connectivity index (χ3n) is 3.41. The summed E-state index contributed by atoms with van der Waals surface area (Å²) < 4.78 is 18.7. The Morgan fingerprint density at radius 2 is 1.96 bits per heavy atom. The summed E-state index contributed by atoms with van der Waals surface area (Å²) in [5.41, 5.74) is 1.42. The van der Waals surface area contributed by atoms with Crippen LogP contribution < -0.4 is 15.4 Å². The smallest absolute Gasteiger partial charge is 0.191 e. The summed E-state index contributed by atoms with van der Waals surface area (Å²) >= 11 is 0. The zero-order chi connectivity index (χ0) is 17.4. The van der Waals surface area contributed by atoms with Gasteiger partial charge in [0.1, 0.15) is 5.82 Å². The molecular weight excluding hydrogens is 436 g/mol. The van der Waals surface area contributed by atoms with Crippen molar-refractivity contribution in [2.24, 2.45) is 4.99 Å². The van der Waals surface area contributed by atoms with E-state index >= 15 is 0 Å². The van der Waals surface area contributed by atoms with Crippen LogP contribution in [0.4, 0.5) is 4.39 Å². The molecule has 0 fully saturated rings. The number of guanidine groups is 1. The van der Waals surface area contributed by atoms with E-state index in [1.807, 2.05) is 13.0 Å². The number of phenols is 1. The predicted octanol–water partition coefficient (Wildman–Crippen LogP) is 3.41. The van der Waals surface area contributed by atoms with Gasteiger partial charge < -0.3 is 20.5 Å². The maximum absolute atomic E-state index is 13.7. The highest BCUT2D eigenvalue weighted by molar-refractivity contribution is 14.0. The van der Waals surface area contributed by atoms with Crippen LogP contribution in [0.1, 0.15) is 18.1 Å². The van der Waals surface area contributed by atoms with Crippen LogP contribution >= 0.6 is 24.0 Å². The Kier molecular flexibility index (Phi) is 9.04. The molecule has 0 aliphatic heterocycles. The molecule has 2 aromatic carbocycles. The lowest BCUT2D eigenvalue weighted by Gasteiger charge is -2.12. The molecule has 0 aromatic heterocycles. The van der Waals surface area contributed by atoms with Gasteiger partial charge in [0.25, 0.3) is 0 Å². The van der Waals surface area contributed by atoms with Gasteiger partial charge in [0.15, 0.2) is 17.5 Å². The molecule has 0 saturated heterocycles. The first-order valence-corrected chi connectivity index (χ1v) is 7.75. The molecule has 0 aliphatic carbocycles. The van der Waals surface area contributed by atoms with E-state index in [-0.39, 0.29) is 35.5 Å². The molecule has 2 aromatic rings. The number of phenolic OH excluding ortho intramolecular Hbond substituents is 1. The van der Waals surface area contributed by atoms with Gasteiger partial charge in [0.2, 0.25) is 0 Å². The van der Waals surface area contributed by atoms with Crippen molar-refractivity contribution in [2.45, 2.75) is 20.0 Å². The van der Waals surface area contributed by atoms with Gasteiger partial charge in [-0.1, -0.05) is 24.3 Å². The summed E-state index contributed by atoms with van der Waals surface area (Å²) in [6, 6.07) is 11.8. The van der Waals surface area contributed by atoms with E-state index in [9.17, 15) is 9.50 Å². The molecule has 0 radical (unpaired) electrons. The number of benzene rings is 2. The molecule has 7 heteroatoms. The summed E-state index contributed by atoms with van der Waals surface area (Å²) in [5.74, 6) is 0.832. The Balaban J connectivity index is 0.00000312. The standard InChI is InChI=1S/C18H22FN3O2.HI/c1-3-20-18(22-12-14-6-4-5-7-15(14)19)21-11-13-8-9-17(24-2)16(23)10-13;/h4-10,23H,3,11-12H2,1-2H3,(H2,20,21,22);1H. The molecule has 0 heterocycles. The molecule has 3 N–H and O–H groups in total. The molecule has 0 unspecified atom stereocenters. The van der Waals surface area contributed by atoms with E-state index in [0.717, 1.165) is 5.56 Å². The van der Waals surface area contributed by atoms with Crippen LogP contribution in [0.3, 0.4) is 0 Å². The lowest BCUT2D eigenvalue weighted by Crippen LogP contribution is -2.37. The van der Waals surface area contributed by atoms with Crippen LogP contribution in [0.15, 0.2) is 47.5 Å². The van der Waals surface area contributed by atoms with Crippen molar-refractivity contribution >= 4 is 29.9 Å². The fourth-order valence-corrected chi connectivity index (χ4v) is 2.17. The summed E-state index contributed by atoms with van der Waals surface area (Å²) in [5, 5.41) is 16.0. The van der Waals surface area contributed by atoms with Crippen molar-refractivity contribution in [3.63, 3.8) is 0 Å². The van der Waals surface area contributed by atoms with Gasteiger partial charge in [0.05, 0.1) is 13.7 Å². The number of nitrogens with one attached hydrogen (secondary N) is 2. The Bertz CT molecular complexity index is 710. The van der Waals surface area contributed by atoms with Gasteiger partial charge in [-0.15, -0.1) is 24.0 Å². The van der Waals surface area contributed by atoms with Crippen LogP contribution in [-0.2, 0) is 13.1 Å². The predicted molar refractivity (Wildman–Crippen MR) is 108 cm³/mol. The van der Waals surface area contributed by atoms with E-state index in [1.165, 1.54) is 13.2 Å². The maximum Gasteiger partial charge on any atom is 0.191 e. The highest BCUT2D eigenvalue weighted by Gasteiger charge is 2.04. The molecule has 0 atom stereocenters. The molecule has 0 saturated carbocycles. The van der Waals surface area contributed by atoms with E-state index in [1.54, 1.807) is 30.3 Å². The van der Waals surface area contributed by atoms with Crippen molar-refractivity contribution < 1.29 is 14.2 Å². The third-order valence-corrected chi connectivity index (χ3v) is 3.41. The number of aromatic hydroxyl groups is 1. The highest BCUT2D eigenvalue weighted by atomic mass is 127. The van der Waals surface area contributed by atoms with Gasteiger partial charge in [-0.2, -0.15) is 0 Å². The molecule has 25 heavy (non-hydrogen) atoms. The Morgan fingerprint density at radius 3 is 2.60 bits per heavy atom. The number of aliphatic imine (C=N–C) groups is 1. The van der Waals surface area contributed by atoms with E-state index in [2.05, 4.69) is 15.6 Å². The van der Waals surface area contributed by atoms with Crippen molar-refractivity contribution in [3.05, 3.63) is 59.4 Å². The summed E-state index contributed by atoms with van der Waals surface area (Å²) in [7, 11) is 1.50. The molecule has 5 nitrogen and oxygen atoms in total. The average Bonchev–Trinajstić information content (AvgIpc) is 2.58. The summed E-state index contributed by atoms with van der Waals surface area (Å²) in [6.07, 6.45) is 0. The zero-order valence-electron chi connectivity index (χ0n) is 14.3. The normalized spacial score (nSPS) is 10.8. The monoisotopic (exact) mass is 459 g/mol. The van der Waals surface area contributed by atoms with E-state index < -0.39 is 0 Å². The maximum atomic E-state index is 13.7. The fraction of sp³-hybridized carbons (Fsp3) is 0.278. The molecule has 0 spiro atoms. The number of halogens is 2. The van der Waals surface area contributed by atoms with Crippen LogP contribution in [0.5, 0.6) is 11.5 Å². The van der Waals surface area contributed by atoms with Crippen molar-refractivity contribution in [3.8, 4) is 11.5 Å². The molecular formula is C18H23FIN3O2. The highest BCUT2D eigenvalue weighted by Crippen LogP contribution is 2.26. The lowest BCUT2D eigenvalue weighted by atomic mass is 10.2. The first kappa shape index (κ1) is 21.0. The van der Waals surface area contributed by atoms with E-state index in [0.29, 0.717) is 36.9 Å². The molecule has 0 amide bonds. The van der Waals surface area contributed by atoms with E-state index in [4.69, 9.17) is 4.74 Å². The molecule has 0 aliphatic rings. The quantitative estimate of drug-likeness (QED) is 0.352. The minimum atomic E-state index is -0.249. The summed E-state index contributed by atoms with van der Waals surface area (Å²) in [6.45, 7) is 3.37. The first-order chi connectivity index (χ1) is 11.6. The van der Waals surface area contributed by atoms with Crippen LogP contribution in [0.2, 0.25) is 0 Å². The second kappa shape index (κ2) is 10.8. The molecule has 2 rings (SSSR count). The lowest BCUT2D eigenvalue weighted by molar-refractivity contribution is 0.373. The van der Waals surface area contributed by atoms with Crippen molar-refractivity contribution in [2.75, 3.05) is 13.7 Å². The summed E-state index contributed by atoms with van der Waals surface area (Å²) in [4.78, 5) is 4.45. The first-order valence-electron chi connectivity index (χ1n) is 7.75. The van der Waals surface area contributed by atoms with Gasteiger partial charge in [-0.25, -0.2) is 9.38 Å². The SMILES string of the molecule is CCNC(=NCc1ccc(OC)c(O)c1)NCc1ccccc1F.I. The van der Waals surface area contributed by atoms with Crippen LogP contribution in [0, 0.1) is 5.82 Å². The number of hydrogen-bond donors (Lipinski definition) is 3. The van der Waals surface area contributed by atoms with Gasteiger partial charge >= 0.3 is 0 Å². The second-order valence-electron chi connectivity index (χ2n) is 5.15. The van der Waals surface area contributed by atoms with Crippen molar-refractivity contribution in [1.29, 1.82) is 0 Å². The number of ether oxygens (including phenoxy) is 1. The minimum Gasteiger partial charge on any atom is -0.504 e. The number of rotatable bonds is 6. The Morgan fingerprint density at radius 1 is 1.20 bits per heavy atom. The third kappa shape index (κ3) is 6.41. The van der Waals surface area contributed by atoms with Gasteiger partial charge in [0, 0.05) is 18.7 Å². The van der Waals surface area contributed by atoms with Gasteiger partial charge in [-0.05, 0) is 30.7 Å².